The van der Waals surface area contributed by atoms with E-state index in [0.717, 1.165) is 37.2 Å². The molecule has 1 aromatic carbocycles. The fraction of sp³-hybridized carbons (Fsp3) is 0.533. The number of unbranched alkanes of at least 4 members (excludes halogenated alkanes) is 1. The molecule has 0 unspecified atom stereocenters. The summed E-state index contributed by atoms with van der Waals surface area (Å²) in [5.74, 6) is 0.690. The number of ether oxygens (including phenoxy) is 1. The number of aryl methyl sites for hydroxylation is 1. The first-order valence-corrected chi connectivity index (χ1v) is 6.94. The smallest absolute Gasteiger partial charge is 0.262 e. The van der Waals surface area contributed by atoms with Gasteiger partial charge in [0, 0.05) is 6.04 Å². The number of hydrogen-bond acceptors (Lipinski definition) is 3. The van der Waals surface area contributed by atoms with Crippen LogP contribution in [-0.4, -0.2) is 25.1 Å². The van der Waals surface area contributed by atoms with Crippen LogP contribution in [0.1, 0.15) is 32.3 Å². The van der Waals surface area contributed by atoms with Crippen LogP contribution in [0.2, 0.25) is 0 Å². The first-order chi connectivity index (χ1) is 9.15. The Labute approximate surface area is 114 Å². The molecule has 104 valence electrons. The summed E-state index contributed by atoms with van der Waals surface area (Å²) in [7, 11) is 0. The standard InChI is InChI=1S/C15H22N2O2/c1-11(2)16-8-4-3-5-12-6-7-14-13(9-12)17-15(18)10-19-14/h6-7,9,11,16H,3-5,8,10H2,1-2H3,(H,17,18). The molecule has 0 saturated heterocycles. The minimum Gasteiger partial charge on any atom is -0.482 e. The van der Waals surface area contributed by atoms with Crippen molar-refractivity contribution in [2.75, 3.05) is 18.5 Å². The minimum atomic E-state index is -0.0780. The van der Waals surface area contributed by atoms with Crippen molar-refractivity contribution in [3.8, 4) is 5.75 Å². The highest BCUT2D eigenvalue weighted by Crippen LogP contribution is 2.28. The van der Waals surface area contributed by atoms with E-state index in [2.05, 4.69) is 30.5 Å². The second-order valence-electron chi connectivity index (χ2n) is 5.23. The second-order valence-corrected chi connectivity index (χ2v) is 5.23. The molecule has 1 aliphatic rings. The van der Waals surface area contributed by atoms with Crippen LogP contribution in [-0.2, 0) is 11.2 Å². The van der Waals surface area contributed by atoms with Crippen LogP contribution in [0, 0.1) is 0 Å². The summed E-state index contributed by atoms with van der Waals surface area (Å²) in [4.78, 5) is 11.3. The molecule has 19 heavy (non-hydrogen) atoms. The van der Waals surface area contributed by atoms with Gasteiger partial charge in [0.25, 0.3) is 5.91 Å². The maximum absolute atomic E-state index is 11.3. The first-order valence-electron chi connectivity index (χ1n) is 6.94. The Kier molecular flexibility index (Phi) is 4.80. The molecule has 2 N–H and O–H groups in total. The fourth-order valence-electron chi connectivity index (χ4n) is 2.13. The van der Waals surface area contributed by atoms with Crippen molar-refractivity contribution in [3.63, 3.8) is 0 Å². The van der Waals surface area contributed by atoms with Gasteiger partial charge in [-0.15, -0.1) is 0 Å². The molecule has 0 aliphatic carbocycles. The lowest BCUT2D eigenvalue weighted by Crippen LogP contribution is -2.25. The van der Waals surface area contributed by atoms with Crippen LogP contribution in [0.5, 0.6) is 5.75 Å². The van der Waals surface area contributed by atoms with Gasteiger partial charge in [-0.05, 0) is 43.5 Å². The topological polar surface area (TPSA) is 50.4 Å². The Morgan fingerprint density at radius 3 is 3.00 bits per heavy atom. The highest BCUT2D eigenvalue weighted by molar-refractivity contribution is 5.95. The summed E-state index contributed by atoms with van der Waals surface area (Å²) in [6.07, 6.45) is 3.34. The van der Waals surface area contributed by atoms with Crippen molar-refractivity contribution in [1.29, 1.82) is 0 Å². The molecule has 4 heteroatoms. The number of fused-ring (bicyclic) bond motifs is 1. The van der Waals surface area contributed by atoms with Crippen LogP contribution in [0.15, 0.2) is 18.2 Å². The van der Waals surface area contributed by atoms with Gasteiger partial charge in [-0.2, -0.15) is 0 Å². The molecule has 0 fully saturated rings. The quantitative estimate of drug-likeness (QED) is 0.774. The molecule has 4 nitrogen and oxygen atoms in total. The van der Waals surface area contributed by atoms with Crippen molar-refractivity contribution in [2.45, 2.75) is 39.2 Å². The van der Waals surface area contributed by atoms with E-state index in [1.54, 1.807) is 0 Å². The van der Waals surface area contributed by atoms with E-state index >= 15 is 0 Å². The summed E-state index contributed by atoms with van der Waals surface area (Å²) in [5.41, 5.74) is 2.04. The number of rotatable bonds is 6. The van der Waals surface area contributed by atoms with E-state index < -0.39 is 0 Å². The summed E-state index contributed by atoms with van der Waals surface area (Å²) < 4.78 is 5.34. The van der Waals surface area contributed by atoms with Gasteiger partial charge in [0.1, 0.15) is 5.75 Å². The lowest BCUT2D eigenvalue weighted by molar-refractivity contribution is -0.118. The number of benzene rings is 1. The van der Waals surface area contributed by atoms with Gasteiger partial charge in [-0.1, -0.05) is 19.9 Å². The van der Waals surface area contributed by atoms with Gasteiger partial charge in [0.15, 0.2) is 6.61 Å². The summed E-state index contributed by atoms with van der Waals surface area (Å²) in [5, 5.41) is 6.25. The van der Waals surface area contributed by atoms with E-state index in [0.29, 0.717) is 6.04 Å². The Balaban J connectivity index is 1.81. The van der Waals surface area contributed by atoms with Gasteiger partial charge in [0.2, 0.25) is 0 Å². The Hall–Kier alpha value is -1.55. The normalized spacial score (nSPS) is 13.9. The van der Waals surface area contributed by atoms with Crippen molar-refractivity contribution >= 4 is 11.6 Å². The Bertz CT molecular complexity index is 444. The molecule has 1 heterocycles. The van der Waals surface area contributed by atoms with Crippen molar-refractivity contribution < 1.29 is 9.53 Å². The average Bonchev–Trinajstić information content (AvgIpc) is 2.37. The van der Waals surface area contributed by atoms with Crippen LogP contribution >= 0.6 is 0 Å². The molecule has 0 atom stereocenters. The number of carbonyl (C=O) groups excluding carboxylic acids is 1. The minimum absolute atomic E-state index is 0.0780. The predicted molar refractivity (Wildman–Crippen MR) is 76.6 cm³/mol. The summed E-state index contributed by atoms with van der Waals surface area (Å²) in [6.45, 7) is 5.49. The molecule has 0 bridgehead atoms. The van der Waals surface area contributed by atoms with Crippen molar-refractivity contribution in [2.24, 2.45) is 0 Å². The third-order valence-corrected chi connectivity index (χ3v) is 3.12. The maximum Gasteiger partial charge on any atom is 0.262 e. The molecule has 1 amide bonds. The van der Waals surface area contributed by atoms with Gasteiger partial charge >= 0.3 is 0 Å². The number of hydrogen-bond donors (Lipinski definition) is 2. The number of carbonyl (C=O) groups is 1. The monoisotopic (exact) mass is 262 g/mol. The summed E-state index contributed by atoms with van der Waals surface area (Å²) in [6, 6.07) is 6.58. The van der Waals surface area contributed by atoms with E-state index in [-0.39, 0.29) is 12.5 Å². The van der Waals surface area contributed by atoms with Crippen LogP contribution < -0.4 is 15.4 Å². The molecule has 0 radical (unpaired) electrons. The van der Waals surface area contributed by atoms with Crippen molar-refractivity contribution in [3.05, 3.63) is 23.8 Å². The zero-order valence-electron chi connectivity index (χ0n) is 11.7. The van der Waals surface area contributed by atoms with Crippen molar-refractivity contribution in [1.82, 2.24) is 5.32 Å². The molecular weight excluding hydrogens is 240 g/mol. The van der Waals surface area contributed by atoms with E-state index in [4.69, 9.17) is 4.74 Å². The van der Waals surface area contributed by atoms with Crippen LogP contribution in [0.3, 0.4) is 0 Å². The lowest BCUT2D eigenvalue weighted by Gasteiger charge is -2.18. The second kappa shape index (κ2) is 6.57. The molecule has 2 rings (SSSR count). The van der Waals surface area contributed by atoms with Gasteiger partial charge in [-0.25, -0.2) is 0 Å². The van der Waals surface area contributed by atoms with E-state index in [1.165, 1.54) is 5.56 Å². The molecule has 0 spiro atoms. The SMILES string of the molecule is CC(C)NCCCCc1ccc2c(c1)NC(=O)CO2. The van der Waals surface area contributed by atoms with Crippen LogP contribution in [0.25, 0.3) is 0 Å². The third-order valence-electron chi connectivity index (χ3n) is 3.12. The zero-order valence-corrected chi connectivity index (χ0v) is 11.7. The molecular formula is C15H22N2O2. The molecule has 1 aliphatic heterocycles. The average molecular weight is 262 g/mol. The van der Waals surface area contributed by atoms with Gasteiger partial charge in [-0.3, -0.25) is 4.79 Å². The number of nitrogens with one attached hydrogen (secondary N) is 2. The molecule has 0 saturated carbocycles. The largest absolute Gasteiger partial charge is 0.482 e. The fourth-order valence-corrected chi connectivity index (χ4v) is 2.13. The first kappa shape index (κ1) is 13.9. The van der Waals surface area contributed by atoms with Gasteiger partial charge < -0.3 is 15.4 Å². The van der Waals surface area contributed by atoms with E-state index in [9.17, 15) is 4.79 Å². The lowest BCUT2D eigenvalue weighted by atomic mass is 10.1. The Morgan fingerprint density at radius 2 is 2.21 bits per heavy atom. The maximum atomic E-state index is 11.3. The Morgan fingerprint density at radius 1 is 1.37 bits per heavy atom. The highest BCUT2D eigenvalue weighted by atomic mass is 16.5. The van der Waals surface area contributed by atoms with E-state index in [1.807, 2.05) is 12.1 Å². The number of amides is 1. The predicted octanol–water partition coefficient (Wildman–Crippen LogP) is 2.34. The van der Waals surface area contributed by atoms with Gasteiger partial charge in [0.05, 0.1) is 5.69 Å². The van der Waals surface area contributed by atoms with Crippen LogP contribution in [0.4, 0.5) is 5.69 Å². The summed E-state index contributed by atoms with van der Waals surface area (Å²) >= 11 is 0. The molecule has 1 aromatic rings. The number of anilines is 1. The third kappa shape index (κ3) is 4.24. The highest BCUT2D eigenvalue weighted by Gasteiger charge is 2.15. The molecule has 0 aromatic heterocycles. The zero-order chi connectivity index (χ0) is 13.7.